The minimum absolute atomic E-state index is 0.113. The topological polar surface area (TPSA) is 194 Å². The van der Waals surface area contributed by atoms with Gasteiger partial charge in [0.1, 0.15) is 0 Å². The number of hydrogen-bond donors (Lipinski definition) is 6. The average molecular weight is 382 g/mol. The van der Waals surface area contributed by atoms with Gasteiger partial charge in [0, 0.05) is 23.2 Å². The summed E-state index contributed by atoms with van der Waals surface area (Å²) in [6.07, 6.45) is 3.08. The van der Waals surface area contributed by atoms with E-state index in [4.69, 9.17) is 11.5 Å². The molecule has 1 aromatic carbocycles. The summed E-state index contributed by atoms with van der Waals surface area (Å²) in [4.78, 5) is 54.6. The van der Waals surface area contributed by atoms with Crippen molar-refractivity contribution >= 4 is 57.3 Å². The largest absolute Gasteiger partial charge is 0.351 e. The molecule has 0 bridgehead atoms. The van der Waals surface area contributed by atoms with Crippen molar-refractivity contribution in [2.24, 2.45) is 11.5 Å². The van der Waals surface area contributed by atoms with Gasteiger partial charge in [-0.15, -0.1) is 0 Å². The number of rotatable bonds is 2. The van der Waals surface area contributed by atoms with Gasteiger partial charge >= 0.3 is 24.1 Å². The zero-order valence-electron chi connectivity index (χ0n) is 14.1. The number of aromatic nitrogens is 2. The number of benzene rings is 1. The number of carbonyl (C=O) groups excluding carboxylic acids is 4. The van der Waals surface area contributed by atoms with E-state index in [-0.39, 0.29) is 11.4 Å². The molecule has 0 aliphatic rings. The highest BCUT2D eigenvalue weighted by molar-refractivity contribution is 6.22. The lowest BCUT2D eigenvalue weighted by molar-refractivity contribution is 0.236. The Bertz CT molecular complexity index is 1040. The fourth-order valence-corrected chi connectivity index (χ4v) is 2.63. The van der Waals surface area contributed by atoms with Crippen LogP contribution in [0.5, 0.6) is 0 Å². The van der Waals surface area contributed by atoms with Gasteiger partial charge in [-0.2, -0.15) is 0 Å². The average Bonchev–Trinajstić information content (AvgIpc) is 2.63. The predicted octanol–water partition coefficient (Wildman–Crippen LogP) is 1.18. The van der Waals surface area contributed by atoms with E-state index in [0.29, 0.717) is 21.8 Å². The van der Waals surface area contributed by atoms with E-state index in [1.807, 2.05) is 10.6 Å². The lowest BCUT2D eigenvalue weighted by Crippen LogP contribution is -2.39. The number of fused-ring (bicyclic) bond motifs is 3. The van der Waals surface area contributed by atoms with Crippen molar-refractivity contribution in [3.8, 4) is 0 Å². The Balaban J connectivity index is 2.24. The second-order valence-corrected chi connectivity index (χ2v) is 5.44. The van der Waals surface area contributed by atoms with Crippen LogP contribution in [0.4, 0.5) is 30.6 Å². The number of nitrogens with two attached hydrogens (primary N) is 2. The van der Waals surface area contributed by atoms with E-state index in [0.717, 1.165) is 0 Å². The molecular weight excluding hydrogens is 368 g/mol. The summed E-state index contributed by atoms with van der Waals surface area (Å²) in [5.41, 5.74) is 11.0. The number of urea groups is 4. The maximum Gasteiger partial charge on any atom is 0.327 e. The number of carbonyl (C=O) groups is 4. The van der Waals surface area contributed by atoms with Crippen molar-refractivity contribution < 1.29 is 19.2 Å². The summed E-state index contributed by atoms with van der Waals surface area (Å²) in [6.45, 7) is 0. The zero-order chi connectivity index (χ0) is 20.3. The summed E-state index contributed by atoms with van der Waals surface area (Å²) in [7, 11) is 0. The number of imide groups is 2. The summed E-state index contributed by atoms with van der Waals surface area (Å²) >= 11 is 0. The van der Waals surface area contributed by atoms with Gasteiger partial charge in [-0.05, 0) is 24.3 Å². The van der Waals surface area contributed by atoms with E-state index >= 15 is 0 Å². The SMILES string of the molecule is NC(=O)NC(=O)Nc1c(NC(=O)NC(N)=O)c2cccnc2c2ncccc12. The lowest BCUT2D eigenvalue weighted by Gasteiger charge is -2.17. The van der Waals surface area contributed by atoms with Crippen LogP contribution in [0.15, 0.2) is 36.7 Å². The number of primary amides is 2. The van der Waals surface area contributed by atoms with Crippen LogP contribution in [0.2, 0.25) is 0 Å². The molecule has 0 atom stereocenters. The molecule has 0 saturated carbocycles. The summed E-state index contributed by atoms with van der Waals surface area (Å²) < 4.78 is 0. The minimum atomic E-state index is -1.07. The second-order valence-electron chi connectivity index (χ2n) is 5.44. The standard InChI is InChI=1S/C16H14N8O4/c17-13(25)23-15(27)21-11-7-3-1-5-19-9(7)10-8(4-2-6-20-10)12(11)22-16(28)24-14(18)26/h1-6H,(H4,17,21,23,25,27)(H4,18,22,24,26,28). The lowest BCUT2D eigenvalue weighted by atomic mass is 10.1. The molecule has 8 N–H and O–H groups in total. The van der Waals surface area contributed by atoms with Crippen molar-refractivity contribution in [2.75, 3.05) is 10.6 Å². The Hall–Kier alpha value is -4.48. The third-order valence-corrected chi connectivity index (χ3v) is 3.58. The molecule has 142 valence electrons. The number of nitrogens with zero attached hydrogens (tertiary/aromatic N) is 2. The molecule has 0 fully saturated rings. The van der Waals surface area contributed by atoms with E-state index in [1.165, 1.54) is 12.4 Å². The van der Waals surface area contributed by atoms with Gasteiger partial charge in [0.2, 0.25) is 0 Å². The molecule has 8 amide bonds. The van der Waals surface area contributed by atoms with Gasteiger partial charge in [0.05, 0.1) is 22.4 Å². The first-order valence-electron chi connectivity index (χ1n) is 7.77. The first-order valence-corrected chi connectivity index (χ1v) is 7.77. The minimum Gasteiger partial charge on any atom is -0.351 e. The van der Waals surface area contributed by atoms with Gasteiger partial charge in [0.15, 0.2) is 0 Å². The molecule has 12 nitrogen and oxygen atoms in total. The Morgan fingerprint density at radius 1 is 0.714 bits per heavy atom. The van der Waals surface area contributed by atoms with Crippen molar-refractivity contribution in [3.05, 3.63) is 36.7 Å². The second kappa shape index (κ2) is 7.41. The quantitative estimate of drug-likeness (QED) is 0.284. The molecule has 3 rings (SSSR count). The maximum atomic E-state index is 12.1. The number of amides is 8. The maximum absolute atomic E-state index is 12.1. The normalized spacial score (nSPS) is 10.3. The molecule has 0 radical (unpaired) electrons. The summed E-state index contributed by atoms with van der Waals surface area (Å²) in [6, 6.07) is 2.50. The molecule has 0 unspecified atom stereocenters. The van der Waals surface area contributed by atoms with Crippen LogP contribution >= 0.6 is 0 Å². The van der Waals surface area contributed by atoms with Gasteiger partial charge in [-0.3, -0.25) is 20.6 Å². The van der Waals surface area contributed by atoms with Gasteiger partial charge in [0.25, 0.3) is 0 Å². The van der Waals surface area contributed by atoms with Crippen LogP contribution in [0, 0.1) is 0 Å². The van der Waals surface area contributed by atoms with E-state index in [2.05, 4.69) is 20.6 Å². The first-order chi connectivity index (χ1) is 13.4. The fourth-order valence-electron chi connectivity index (χ4n) is 2.63. The highest BCUT2D eigenvalue weighted by Gasteiger charge is 2.20. The molecular formula is C16H14N8O4. The van der Waals surface area contributed by atoms with Crippen LogP contribution in [0.3, 0.4) is 0 Å². The molecule has 2 heterocycles. The predicted molar refractivity (Wildman–Crippen MR) is 101 cm³/mol. The Labute approximate surface area is 156 Å². The number of hydrogen-bond acceptors (Lipinski definition) is 6. The first kappa shape index (κ1) is 18.3. The molecule has 28 heavy (non-hydrogen) atoms. The van der Waals surface area contributed by atoms with Crippen molar-refractivity contribution in [2.45, 2.75) is 0 Å². The number of pyridine rings is 2. The molecule has 0 saturated heterocycles. The molecule has 12 heteroatoms. The zero-order valence-corrected chi connectivity index (χ0v) is 14.1. The third kappa shape index (κ3) is 3.70. The Kier molecular flexibility index (Phi) is 4.85. The molecule has 0 aliphatic carbocycles. The molecule has 0 aliphatic heterocycles. The van der Waals surface area contributed by atoms with Gasteiger partial charge < -0.3 is 22.1 Å². The number of anilines is 2. The van der Waals surface area contributed by atoms with Crippen LogP contribution in [0.25, 0.3) is 21.8 Å². The Morgan fingerprint density at radius 3 is 1.46 bits per heavy atom. The monoisotopic (exact) mass is 382 g/mol. The van der Waals surface area contributed by atoms with Gasteiger partial charge in [-0.25, -0.2) is 19.2 Å². The highest BCUT2D eigenvalue weighted by Crippen LogP contribution is 2.38. The summed E-state index contributed by atoms with van der Waals surface area (Å²) in [5.74, 6) is 0. The fraction of sp³-hybridized carbons (Fsp3) is 0. The van der Waals surface area contributed by atoms with E-state index in [9.17, 15) is 19.2 Å². The molecule has 3 aromatic rings. The highest BCUT2D eigenvalue weighted by atomic mass is 16.2. The van der Waals surface area contributed by atoms with Crippen molar-refractivity contribution in [1.82, 2.24) is 20.6 Å². The van der Waals surface area contributed by atoms with Crippen molar-refractivity contribution in [1.29, 1.82) is 0 Å². The van der Waals surface area contributed by atoms with Crippen LogP contribution in [-0.4, -0.2) is 34.1 Å². The van der Waals surface area contributed by atoms with Crippen molar-refractivity contribution in [3.63, 3.8) is 0 Å². The number of nitrogens with one attached hydrogen (secondary N) is 4. The van der Waals surface area contributed by atoms with E-state index in [1.54, 1.807) is 24.3 Å². The van der Waals surface area contributed by atoms with E-state index < -0.39 is 24.1 Å². The third-order valence-electron chi connectivity index (χ3n) is 3.58. The Morgan fingerprint density at radius 2 is 1.11 bits per heavy atom. The summed E-state index contributed by atoms with van der Waals surface area (Å²) in [5, 5.41) is 9.49. The van der Waals surface area contributed by atoms with Crippen LogP contribution in [-0.2, 0) is 0 Å². The van der Waals surface area contributed by atoms with Crippen LogP contribution < -0.4 is 32.7 Å². The molecule has 2 aromatic heterocycles. The smallest absolute Gasteiger partial charge is 0.327 e. The van der Waals surface area contributed by atoms with Crippen LogP contribution in [0.1, 0.15) is 0 Å². The van der Waals surface area contributed by atoms with Gasteiger partial charge in [-0.1, -0.05) is 0 Å². The molecule has 0 spiro atoms.